The van der Waals surface area contributed by atoms with Gasteiger partial charge in [0.2, 0.25) is 0 Å². The molecule has 0 bridgehead atoms. The Morgan fingerprint density at radius 2 is 2.15 bits per heavy atom. The van der Waals surface area contributed by atoms with Crippen molar-refractivity contribution in [1.82, 2.24) is 5.32 Å². The molecule has 13 heavy (non-hydrogen) atoms. The summed E-state index contributed by atoms with van der Waals surface area (Å²) in [5, 5.41) is 19.9. The molecule has 0 aliphatic heterocycles. The molecule has 1 N–H and O–H groups in total. The minimum absolute atomic E-state index is 0.142. The summed E-state index contributed by atoms with van der Waals surface area (Å²) in [6.45, 7) is 3.05. The number of rotatable bonds is 4. The Hall–Kier alpha value is -1.48. The summed E-state index contributed by atoms with van der Waals surface area (Å²) in [6.07, 6.45) is 4.16. The summed E-state index contributed by atoms with van der Waals surface area (Å²) in [4.78, 5) is 0. The smallest absolute Gasteiger partial charge is 0.145 e. The third-order valence-corrected chi connectivity index (χ3v) is 2.35. The first kappa shape index (κ1) is 9.61. The predicted octanol–water partition coefficient (Wildman–Crippen LogP) is 1.55. The van der Waals surface area contributed by atoms with Crippen LogP contribution in [0.3, 0.4) is 0 Å². The quantitative estimate of drug-likeness (QED) is 0.659. The molecule has 0 saturated heterocycles. The number of hydrogen-bond donors (Lipinski definition) is 1. The van der Waals surface area contributed by atoms with Crippen LogP contribution in [0.15, 0.2) is 11.8 Å². The van der Waals surface area contributed by atoms with Crippen molar-refractivity contribution in [2.45, 2.75) is 19.8 Å². The van der Waals surface area contributed by atoms with E-state index in [0.29, 0.717) is 5.92 Å². The Balaban J connectivity index is 2.23. The second kappa shape index (κ2) is 4.52. The van der Waals surface area contributed by atoms with Gasteiger partial charge in [0.1, 0.15) is 17.7 Å². The largest absolute Gasteiger partial charge is 0.389 e. The van der Waals surface area contributed by atoms with Crippen molar-refractivity contribution < 1.29 is 0 Å². The highest BCUT2D eigenvalue weighted by Crippen LogP contribution is 2.35. The van der Waals surface area contributed by atoms with E-state index in [1.807, 2.05) is 12.1 Å². The summed E-state index contributed by atoms with van der Waals surface area (Å²) in [6, 6.07) is 3.62. The van der Waals surface area contributed by atoms with Gasteiger partial charge < -0.3 is 5.32 Å². The molecule has 3 heteroatoms. The molecule has 1 fully saturated rings. The van der Waals surface area contributed by atoms with E-state index >= 15 is 0 Å². The lowest BCUT2D eigenvalue weighted by atomic mass is 10.1. The van der Waals surface area contributed by atoms with Gasteiger partial charge in [-0.1, -0.05) is 6.92 Å². The molecule has 0 aromatic carbocycles. The molecular weight excluding hydrogens is 162 g/mol. The highest BCUT2D eigenvalue weighted by molar-refractivity contribution is 5.34. The van der Waals surface area contributed by atoms with Crippen LogP contribution in [0, 0.1) is 34.5 Å². The van der Waals surface area contributed by atoms with E-state index in [1.165, 1.54) is 19.0 Å². The number of nitriles is 2. The van der Waals surface area contributed by atoms with Crippen molar-refractivity contribution in [3.05, 3.63) is 11.8 Å². The van der Waals surface area contributed by atoms with E-state index in [-0.39, 0.29) is 5.57 Å². The maximum absolute atomic E-state index is 8.43. The number of nitrogens with zero attached hydrogens (tertiary/aromatic N) is 2. The molecule has 1 atom stereocenters. The third kappa shape index (κ3) is 3.17. The molecule has 0 spiro atoms. The number of hydrogen-bond acceptors (Lipinski definition) is 3. The Labute approximate surface area is 78.7 Å². The molecule has 68 valence electrons. The molecule has 3 nitrogen and oxygen atoms in total. The molecule has 1 rings (SSSR count). The first-order valence-electron chi connectivity index (χ1n) is 4.51. The van der Waals surface area contributed by atoms with Gasteiger partial charge in [0.25, 0.3) is 0 Å². The van der Waals surface area contributed by atoms with Crippen LogP contribution >= 0.6 is 0 Å². The maximum Gasteiger partial charge on any atom is 0.145 e. The first-order chi connectivity index (χ1) is 6.27. The molecule has 0 radical (unpaired) electrons. The van der Waals surface area contributed by atoms with Crippen molar-refractivity contribution in [3.63, 3.8) is 0 Å². The molecular formula is C10H13N3. The summed E-state index contributed by atoms with van der Waals surface area (Å²) in [5.74, 6) is 1.50. The third-order valence-electron chi connectivity index (χ3n) is 2.35. The highest BCUT2D eigenvalue weighted by Gasteiger charge is 2.27. The van der Waals surface area contributed by atoms with Gasteiger partial charge in [-0.15, -0.1) is 0 Å². The van der Waals surface area contributed by atoms with E-state index in [9.17, 15) is 0 Å². The Morgan fingerprint density at radius 3 is 2.62 bits per heavy atom. The van der Waals surface area contributed by atoms with Gasteiger partial charge in [0.15, 0.2) is 0 Å². The fourth-order valence-electron chi connectivity index (χ4n) is 1.27. The Bertz CT molecular complexity index is 260. The molecule has 0 heterocycles. The summed E-state index contributed by atoms with van der Waals surface area (Å²) >= 11 is 0. The zero-order valence-corrected chi connectivity index (χ0v) is 7.75. The number of allylic oxidation sites excluding steroid dienone is 1. The lowest BCUT2D eigenvalue weighted by molar-refractivity contribution is 0.492. The molecule has 1 saturated carbocycles. The van der Waals surface area contributed by atoms with E-state index < -0.39 is 0 Å². The fraction of sp³-hybridized carbons (Fsp3) is 0.600. The van der Waals surface area contributed by atoms with E-state index in [4.69, 9.17) is 10.5 Å². The topological polar surface area (TPSA) is 59.6 Å². The summed E-state index contributed by atoms with van der Waals surface area (Å²) in [7, 11) is 0. The molecule has 1 aliphatic carbocycles. The van der Waals surface area contributed by atoms with Crippen molar-refractivity contribution >= 4 is 0 Å². The molecule has 0 aromatic heterocycles. The standard InChI is InChI=1S/C10H13N3/c1-8(10-2-3-10)6-13-7-9(4-11)5-12/h7-8,10,13H,2-3,6H2,1H3. The average Bonchev–Trinajstić information content (AvgIpc) is 2.95. The minimum Gasteiger partial charge on any atom is -0.389 e. The predicted molar refractivity (Wildman–Crippen MR) is 49.2 cm³/mol. The van der Waals surface area contributed by atoms with Crippen LogP contribution in [0.5, 0.6) is 0 Å². The van der Waals surface area contributed by atoms with Crippen molar-refractivity contribution in [2.24, 2.45) is 11.8 Å². The Kier molecular flexibility index (Phi) is 3.34. The van der Waals surface area contributed by atoms with Crippen LogP contribution in [0.25, 0.3) is 0 Å². The van der Waals surface area contributed by atoms with Crippen molar-refractivity contribution in [1.29, 1.82) is 10.5 Å². The fourth-order valence-corrected chi connectivity index (χ4v) is 1.27. The van der Waals surface area contributed by atoms with Crippen LogP contribution in [-0.4, -0.2) is 6.54 Å². The lowest BCUT2D eigenvalue weighted by Gasteiger charge is -2.08. The van der Waals surface area contributed by atoms with Gasteiger partial charge in [-0.05, 0) is 24.7 Å². The molecule has 1 aliphatic rings. The van der Waals surface area contributed by atoms with Gasteiger partial charge in [0, 0.05) is 12.7 Å². The SMILES string of the molecule is CC(CNC=C(C#N)C#N)C1CC1. The monoisotopic (exact) mass is 175 g/mol. The zero-order valence-electron chi connectivity index (χ0n) is 7.75. The van der Waals surface area contributed by atoms with Crippen LogP contribution in [0.2, 0.25) is 0 Å². The van der Waals surface area contributed by atoms with Gasteiger partial charge in [-0.3, -0.25) is 0 Å². The van der Waals surface area contributed by atoms with E-state index in [0.717, 1.165) is 12.5 Å². The van der Waals surface area contributed by atoms with Crippen molar-refractivity contribution in [3.8, 4) is 12.1 Å². The number of nitrogens with one attached hydrogen (secondary N) is 1. The second-order valence-corrected chi connectivity index (χ2v) is 3.50. The molecule has 1 unspecified atom stereocenters. The van der Waals surface area contributed by atoms with Crippen molar-refractivity contribution in [2.75, 3.05) is 6.54 Å². The summed E-state index contributed by atoms with van der Waals surface area (Å²) in [5.41, 5.74) is 0.142. The van der Waals surface area contributed by atoms with E-state index in [2.05, 4.69) is 12.2 Å². The van der Waals surface area contributed by atoms with Crippen LogP contribution in [-0.2, 0) is 0 Å². The van der Waals surface area contributed by atoms with Gasteiger partial charge in [-0.2, -0.15) is 10.5 Å². The highest BCUT2D eigenvalue weighted by atomic mass is 14.8. The first-order valence-corrected chi connectivity index (χ1v) is 4.51. The van der Waals surface area contributed by atoms with Crippen LogP contribution in [0.4, 0.5) is 0 Å². The average molecular weight is 175 g/mol. The van der Waals surface area contributed by atoms with E-state index in [1.54, 1.807) is 0 Å². The normalized spacial score (nSPS) is 16.5. The molecule has 0 aromatic rings. The van der Waals surface area contributed by atoms with Crippen LogP contribution < -0.4 is 5.32 Å². The minimum atomic E-state index is 0.142. The summed E-state index contributed by atoms with van der Waals surface area (Å²) < 4.78 is 0. The zero-order chi connectivity index (χ0) is 9.68. The second-order valence-electron chi connectivity index (χ2n) is 3.50. The van der Waals surface area contributed by atoms with Crippen LogP contribution in [0.1, 0.15) is 19.8 Å². The van der Waals surface area contributed by atoms with Gasteiger partial charge >= 0.3 is 0 Å². The van der Waals surface area contributed by atoms with Gasteiger partial charge in [-0.25, -0.2) is 0 Å². The maximum atomic E-state index is 8.43. The lowest BCUT2D eigenvalue weighted by Crippen LogP contribution is -2.17. The molecule has 0 amide bonds. The van der Waals surface area contributed by atoms with Gasteiger partial charge in [0.05, 0.1) is 0 Å². The Morgan fingerprint density at radius 1 is 1.54 bits per heavy atom.